The Kier molecular flexibility index (Phi) is 4.77. The van der Waals surface area contributed by atoms with Crippen LogP contribution in [0.1, 0.15) is 28.5 Å². The zero-order valence-corrected chi connectivity index (χ0v) is 15.7. The van der Waals surface area contributed by atoms with Crippen molar-refractivity contribution in [3.8, 4) is 0 Å². The van der Waals surface area contributed by atoms with E-state index in [-0.39, 0.29) is 6.42 Å². The number of rotatable bonds is 3. The Balaban J connectivity index is 1.70. The summed E-state index contributed by atoms with van der Waals surface area (Å²) in [6.07, 6.45) is 0.155. The number of hydrogen-bond acceptors (Lipinski definition) is 5. The molecule has 1 fully saturated rings. The summed E-state index contributed by atoms with van der Waals surface area (Å²) < 4.78 is 67.8. The van der Waals surface area contributed by atoms with Crippen LogP contribution in [0.4, 0.5) is 18.0 Å². The highest BCUT2D eigenvalue weighted by atomic mass is 32.2. The number of carboxylic acid groups (broad SMARTS) is 1. The van der Waals surface area contributed by atoms with Crippen molar-refractivity contribution in [2.45, 2.75) is 36.8 Å². The lowest BCUT2D eigenvalue weighted by Crippen LogP contribution is -2.53. The number of carbonyl (C=O) groups is 1. The number of nitrogens with one attached hydrogen (secondary N) is 2. The summed E-state index contributed by atoms with van der Waals surface area (Å²) in [6, 6.07) is -0.925. The predicted molar refractivity (Wildman–Crippen MR) is 94.0 cm³/mol. The zero-order chi connectivity index (χ0) is 20.9. The summed E-state index contributed by atoms with van der Waals surface area (Å²) in [6.45, 7) is 0.836. The van der Waals surface area contributed by atoms with Crippen molar-refractivity contribution in [1.82, 2.24) is 20.4 Å². The molecule has 0 aliphatic carbocycles. The number of benzene rings is 1. The average molecular weight is 430 g/mol. The normalized spacial score (nSPS) is 26.2. The van der Waals surface area contributed by atoms with Crippen LogP contribution in [0.2, 0.25) is 0 Å². The molecular formula is C17H17F3N4O4S. The number of fused-ring (bicyclic) bond motifs is 1. The quantitative estimate of drug-likeness (QED) is 0.639. The maximum atomic E-state index is 14.4. The molecule has 0 spiro atoms. The van der Waals surface area contributed by atoms with Crippen LogP contribution < -0.4 is 5.32 Å². The zero-order valence-electron chi connectivity index (χ0n) is 14.9. The lowest BCUT2D eigenvalue weighted by molar-refractivity contribution is 0.164. The van der Waals surface area contributed by atoms with E-state index in [1.807, 2.05) is 4.90 Å². The molecule has 3 unspecified atom stereocenters. The standard InChI is InChI=1S/C17H17F3N4O4S/c18-9-1-11(15(20)12(19)2-9)16-13(22-17(25)26)3-10(7-29(16,27)28)24-5-8-4-21-23-14(8)6-24/h1-2,4,10,13,16,22H,3,5-7H2,(H,21,23)(H,25,26). The summed E-state index contributed by atoms with van der Waals surface area (Å²) >= 11 is 0. The van der Waals surface area contributed by atoms with E-state index < -0.39 is 62.0 Å². The van der Waals surface area contributed by atoms with E-state index in [1.165, 1.54) is 0 Å². The molecule has 1 aromatic heterocycles. The van der Waals surface area contributed by atoms with Crippen molar-refractivity contribution < 1.29 is 31.5 Å². The number of aromatic amines is 1. The first kappa shape index (κ1) is 19.7. The molecule has 156 valence electrons. The molecule has 29 heavy (non-hydrogen) atoms. The highest BCUT2D eigenvalue weighted by Crippen LogP contribution is 2.39. The summed E-state index contributed by atoms with van der Waals surface area (Å²) in [4.78, 5) is 13.1. The van der Waals surface area contributed by atoms with E-state index in [1.54, 1.807) is 6.20 Å². The van der Waals surface area contributed by atoms with E-state index in [0.29, 0.717) is 25.2 Å². The summed E-state index contributed by atoms with van der Waals surface area (Å²) in [5.74, 6) is -4.57. The molecular weight excluding hydrogens is 413 g/mol. The van der Waals surface area contributed by atoms with E-state index in [2.05, 4.69) is 15.5 Å². The molecule has 2 aliphatic heterocycles. The minimum atomic E-state index is -4.15. The SMILES string of the molecule is O=C(O)NC1CC(N2Cc3cn[nH]c3C2)CS(=O)(=O)C1c1cc(F)cc(F)c1F. The first-order valence-electron chi connectivity index (χ1n) is 8.76. The van der Waals surface area contributed by atoms with Crippen LogP contribution in [0.15, 0.2) is 18.3 Å². The molecule has 12 heteroatoms. The average Bonchev–Trinajstić information content (AvgIpc) is 3.19. The Hall–Kier alpha value is -2.60. The largest absolute Gasteiger partial charge is 0.465 e. The van der Waals surface area contributed by atoms with Gasteiger partial charge in [-0.2, -0.15) is 5.10 Å². The van der Waals surface area contributed by atoms with Gasteiger partial charge in [-0.15, -0.1) is 0 Å². The predicted octanol–water partition coefficient (Wildman–Crippen LogP) is 1.71. The van der Waals surface area contributed by atoms with Crippen LogP contribution in [0.25, 0.3) is 0 Å². The first-order chi connectivity index (χ1) is 13.7. The lowest BCUT2D eigenvalue weighted by atomic mass is 9.97. The second-order valence-corrected chi connectivity index (χ2v) is 9.43. The molecule has 1 aromatic carbocycles. The Morgan fingerprint density at radius 3 is 2.72 bits per heavy atom. The van der Waals surface area contributed by atoms with Crippen molar-refractivity contribution in [3.05, 3.63) is 52.6 Å². The van der Waals surface area contributed by atoms with Gasteiger partial charge in [0.25, 0.3) is 0 Å². The van der Waals surface area contributed by atoms with Gasteiger partial charge in [-0.25, -0.2) is 26.4 Å². The van der Waals surface area contributed by atoms with Crippen LogP contribution in [-0.2, 0) is 22.9 Å². The van der Waals surface area contributed by atoms with E-state index in [4.69, 9.17) is 5.11 Å². The summed E-state index contributed by atoms with van der Waals surface area (Å²) in [7, 11) is -4.15. The number of halogens is 3. The molecule has 0 saturated carbocycles. The van der Waals surface area contributed by atoms with Gasteiger partial charge < -0.3 is 10.4 Å². The van der Waals surface area contributed by atoms with Gasteiger partial charge in [-0.1, -0.05) is 0 Å². The van der Waals surface area contributed by atoms with Gasteiger partial charge in [0.15, 0.2) is 21.5 Å². The topological polar surface area (TPSA) is 115 Å². The van der Waals surface area contributed by atoms with E-state index in [0.717, 1.165) is 11.3 Å². The van der Waals surface area contributed by atoms with Crippen LogP contribution in [0.5, 0.6) is 0 Å². The van der Waals surface area contributed by atoms with Crippen molar-refractivity contribution >= 4 is 15.9 Å². The van der Waals surface area contributed by atoms with Crippen LogP contribution in [-0.4, -0.2) is 52.6 Å². The second-order valence-electron chi connectivity index (χ2n) is 7.27. The third kappa shape index (κ3) is 3.57. The van der Waals surface area contributed by atoms with E-state index in [9.17, 15) is 26.4 Å². The number of H-pyrrole nitrogens is 1. The molecule has 3 heterocycles. The highest BCUT2D eigenvalue weighted by molar-refractivity contribution is 7.91. The van der Waals surface area contributed by atoms with Crippen LogP contribution >= 0.6 is 0 Å². The first-order valence-corrected chi connectivity index (χ1v) is 10.5. The van der Waals surface area contributed by atoms with Crippen molar-refractivity contribution in [3.63, 3.8) is 0 Å². The minimum Gasteiger partial charge on any atom is -0.465 e. The second kappa shape index (κ2) is 7.02. The van der Waals surface area contributed by atoms with Gasteiger partial charge in [0.2, 0.25) is 0 Å². The number of nitrogens with zero attached hydrogens (tertiary/aromatic N) is 2. The Bertz CT molecular complexity index is 1050. The van der Waals surface area contributed by atoms with Gasteiger partial charge in [-0.05, 0) is 12.5 Å². The monoisotopic (exact) mass is 430 g/mol. The fraction of sp³-hybridized carbons (Fsp3) is 0.412. The highest BCUT2D eigenvalue weighted by Gasteiger charge is 2.47. The van der Waals surface area contributed by atoms with Gasteiger partial charge >= 0.3 is 6.09 Å². The molecule has 3 N–H and O–H groups in total. The fourth-order valence-electron chi connectivity index (χ4n) is 4.19. The number of sulfone groups is 1. The third-order valence-electron chi connectivity index (χ3n) is 5.40. The molecule has 2 aromatic rings. The molecule has 1 saturated heterocycles. The molecule has 0 bridgehead atoms. The van der Waals surface area contributed by atoms with E-state index >= 15 is 0 Å². The minimum absolute atomic E-state index is 0.0332. The Morgan fingerprint density at radius 1 is 1.28 bits per heavy atom. The summed E-state index contributed by atoms with van der Waals surface area (Å²) in [5.41, 5.74) is 1.03. The fourth-order valence-corrected chi connectivity index (χ4v) is 6.52. The number of amides is 1. The van der Waals surface area contributed by atoms with Crippen molar-refractivity contribution in [2.75, 3.05) is 5.75 Å². The maximum absolute atomic E-state index is 14.4. The molecule has 4 rings (SSSR count). The van der Waals surface area contributed by atoms with Crippen molar-refractivity contribution in [1.29, 1.82) is 0 Å². The van der Waals surface area contributed by atoms with Crippen molar-refractivity contribution in [2.24, 2.45) is 0 Å². The lowest BCUT2D eigenvalue weighted by Gasteiger charge is -2.39. The van der Waals surface area contributed by atoms with Crippen LogP contribution in [0.3, 0.4) is 0 Å². The van der Waals surface area contributed by atoms with Gasteiger partial charge in [0, 0.05) is 36.3 Å². The van der Waals surface area contributed by atoms with Gasteiger partial charge in [-0.3, -0.25) is 10.00 Å². The maximum Gasteiger partial charge on any atom is 0.404 e. The van der Waals surface area contributed by atoms with Gasteiger partial charge in [0.1, 0.15) is 11.1 Å². The third-order valence-corrected chi connectivity index (χ3v) is 7.60. The van der Waals surface area contributed by atoms with Crippen LogP contribution in [0, 0.1) is 17.5 Å². The summed E-state index contributed by atoms with van der Waals surface area (Å²) in [5, 5.41) is 16.3. The molecule has 3 atom stereocenters. The molecule has 8 nitrogen and oxygen atoms in total. The number of aromatic nitrogens is 2. The molecule has 0 radical (unpaired) electrons. The number of hydrogen-bond donors (Lipinski definition) is 3. The smallest absolute Gasteiger partial charge is 0.404 e. The molecule has 1 amide bonds. The molecule has 2 aliphatic rings. The van der Waals surface area contributed by atoms with Gasteiger partial charge in [0.05, 0.1) is 23.7 Å². The Labute approximate surface area is 163 Å². The Morgan fingerprint density at radius 2 is 2.03 bits per heavy atom.